The van der Waals surface area contributed by atoms with Crippen LogP contribution in [-0.2, 0) is 6.42 Å². The number of nitrogens with two attached hydrogens (primary N) is 1. The molecule has 13 atom stereocenters. The molecule has 13 unspecified atom stereocenters. The van der Waals surface area contributed by atoms with Gasteiger partial charge in [0.05, 0.1) is 23.3 Å². The summed E-state index contributed by atoms with van der Waals surface area (Å²) in [5.74, 6) is 8.26. The molecular formula is C41H53N5O3. The number of hydrogen-bond donors (Lipinski definition) is 7. The third-order valence-corrected chi connectivity index (χ3v) is 14.9. The summed E-state index contributed by atoms with van der Waals surface area (Å²) < 4.78 is 0. The van der Waals surface area contributed by atoms with Crippen molar-refractivity contribution in [3.63, 3.8) is 0 Å². The number of rotatable bonds is 5. The van der Waals surface area contributed by atoms with Gasteiger partial charge in [0, 0.05) is 42.4 Å². The van der Waals surface area contributed by atoms with Crippen molar-refractivity contribution in [2.45, 2.75) is 87.6 Å². The number of benzene rings is 1. The minimum atomic E-state index is -1.42. The highest BCUT2D eigenvalue weighted by molar-refractivity contribution is 5.80. The number of aliphatic imine (C=N–C) groups is 1. The lowest BCUT2D eigenvalue weighted by atomic mass is 9.42. The number of hydrogen-bond acceptors (Lipinski definition) is 5. The van der Waals surface area contributed by atoms with E-state index in [-0.39, 0.29) is 58.7 Å². The average Bonchev–Trinajstić information content (AvgIpc) is 3.72. The molecule has 9 rings (SSSR count). The second kappa shape index (κ2) is 11.2. The maximum absolute atomic E-state index is 13.0. The van der Waals surface area contributed by atoms with Gasteiger partial charge < -0.3 is 36.7 Å². The van der Waals surface area contributed by atoms with Crippen LogP contribution in [0.25, 0.3) is 10.9 Å². The van der Waals surface area contributed by atoms with E-state index in [4.69, 9.17) is 5.73 Å². The van der Waals surface area contributed by atoms with Crippen LogP contribution in [0.15, 0.2) is 59.1 Å². The van der Waals surface area contributed by atoms with Crippen LogP contribution in [0.3, 0.4) is 0 Å². The molecule has 0 saturated heterocycles. The minimum Gasteiger partial charge on any atom is -0.390 e. The Kier molecular flexibility index (Phi) is 7.29. The monoisotopic (exact) mass is 663 g/mol. The van der Waals surface area contributed by atoms with Gasteiger partial charge in [0.2, 0.25) is 0 Å². The fraction of sp³-hybridized carbons (Fsp3) is 0.634. The lowest BCUT2D eigenvalue weighted by Gasteiger charge is -2.61. The fourth-order valence-electron chi connectivity index (χ4n) is 13.3. The van der Waals surface area contributed by atoms with E-state index in [1.165, 1.54) is 23.1 Å². The molecular weight excluding hydrogens is 610 g/mol. The molecule has 1 aromatic carbocycles. The molecule has 2 spiro atoms. The second-order valence-electron chi connectivity index (χ2n) is 17.1. The molecule has 7 aliphatic rings. The van der Waals surface area contributed by atoms with E-state index >= 15 is 0 Å². The van der Waals surface area contributed by atoms with E-state index in [0.717, 1.165) is 50.6 Å². The molecule has 0 aliphatic heterocycles. The Morgan fingerprint density at radius 2 is 1.90 bits per heavy atom. The predicted molar refractivity (Wildman–Crippen MR) is 192 cm³/mol. The molecule has 2 aromatic rings. The quantitative estimate of drug-likeness (QED) is 0.112. The number of para-hydroxylation sites is 1. The van der Waals surface area contributed by atoms with E-state index < -0.39 is 23.3 Å². The number of aliphatic hydroxyl groups excluding tert-OH is 1. The number of aromatic amines is 1. The van der Waals surface area contributed by atoms with E-state index in [1.54, 1.807) is 7.05 Å². The Morgan fingerprint density at radius 1 is 1.06 bits per heavy atom. The number of nitrogens with one attached hydrogen (secondary N) is 3. The minimum absolute atomic E-state index is 0.0259. The zero-order valence-corrected chi connectivity index (χ0v) is 29.0. The Hall–Kier alpha value is -3.09. The largest absolute Gasteiger partial charge is 0.390 e. The molecule has 4 saturated carbocycles. The average molecular weight is 664 g/mol. The van der Waals surface area contributed by atoms with Crippen LogP contribution < -0.4 is 16.4 Å². The van der Waals surface area contributed by atoms with Gasteiger partial charge in [-0.3, -0.25) is 4.99 Å². The lowest BCUT2D eigenvalue weighted by Crippen LogP contribution is -2.59. The van der Waals surface area contributed by atoms with Crippen LogP contribution in [0.2, 0.25) is 0 Å². The van der Waals surface area contributed by atoms with Crippen molar-refractivity contribution < 1.29 is 15.3 Å². The molecule has 1 aromatic heterocycles. The Balaban J connectivity index is 1.30. The molecule has 4 fully saturated rings. The zero-order chi connectivity index (χ0) is 33.8. The van der Waals surface area contributed by atoms with Crippen molar-refractivity contribution in [2.75, 3.05) is 20.6 Å². The number of guanidine groups is 1. The number of allylic oxidation sites excluding steroid dienone is 3. The van der Waals surface area contributed by atoms with E-state index in [1.807, 2.05) is 0 Å². The Morgan fingerprint density at radius 3 is 2.71 bits per heavy atom. The number of aromatic nitrogens is 1. The highest BCUT2D eigenvalue weighted by Crippen LogP contribution is 2.75. The summed E-state index contributed by atoms with van der Waals surface area (Å²) in [5.41, 5.74) is 7.30. The summed E-state index contributed by atoms with van der Waals surface area (Å²) in [6, 6.07) is 10.4. The third-order valence-electron chi connectivity index (χ3n) is 14.9. The molecule has 49 heavy (non-hydrogen) atoms. The smallest absolute Gasteiger partial charge is 0.189 e. The zero-order valence-electron chi connectivity index (χ0n) is 29.0. The molecule has 6 bridgehead atoms. The summed E-state index contributed by atoms with van der Waals surface area (Å²) in [7, 11) is 3.72. The number of H-pyrrole nitrogens is 1. The van der Waals surface area contributed by atoms with Crippen LogP contribution in [0.5, 0.6) is 0 Å². The van der Waals surface area contributed by atoms with Crippen LogP contribution in [-0.4, -0.2) is 70.3 Å². The van der Waals surface area contributed by atoms with Crippen molar-refractivity contribution in [1.82, 2.24) is 15.6 Å². The molecule has 0 amide bonds. The Labute approximate surface area is 290 Å². The van der Waals surface area contributed by atoms with Crippen molar-refractivity contribution in [3.8, 4) is 11.8 Å². The molecule has 0 radical (unpaired) electrons. The first kappa shape index (κ1) is 31.9. The normalized spacial score (nSPS) is 46.3. The summed E-state index contributed by atoms with van der Waals surface area (Å²) in [6.45, 7) is 1.02. The fourth-order valence-corrected chi connectivity index (χ4v) is 13.3. The van der Waals surface area contributed by atoms with Gasteiger partial charge in [-0.1, -0.05) is 53.8 Å². The summed E-state index contributed by atoms with van der Waals surface area (Å²) >= 11 is 0. The number of fused-ring (bicyclic) bond motifs is 2. The molecule has 8 N–H and O–H groups in total. The van der Waals surface area contributed by atoms with E-state index in [9.17, 15) is 15.3 Å². The second-order valence-corrected chi connectivity index (χ2v) is 17.1. The van der Waals surface area contributed by atoms with Gasteiger partial charge in [-0.25, -0.2) is 0 Å². The maximum atomic E-state index is 13.0. The molecule has 8 heteroatoms. The summed E-state index contributed by atoms with van der Waals surface area (Å²) in [5, 5.41) is 45.9. The molecule has 260 valence electrons. The third kappa shape index (κ3) is 4.48. The first-order valence-electron chi connectivity index (χ1n) is 18.9. The summed E-state index contributed by atoms with van der Waals surface area (Å²) in [4.78, 5) is 7.96. The van der Waals surface area contributed by atoms with Crippen LogP contribution >= 0.6 is 0 Å². The van der Waals surface area contributed by atoms with Crippen molar-refractivity contribution in [2.24, 2.45) is 63.0 Å². The Bertz CT molecular complexity index is 1770. The lowest BCUT2D eigenvalue weighted by molar-refractivity contribution is -0.133. The van der Waals surface area contributed by atoms with Crippen LogP contribution in [0.1, 0.15) is 63.5 Å². The topological polar surface area (TPSA) is 139 Å². The molecule has 7 aliphatic carbocycles. The van der Waals surface area contributed by atoms with Crippen molar-refractivity contribution >= 4 is 16.9 Å². The van der Waals surface area contributed by atoms with Gasteiger partial charge in [-0.2, -0.15) is 0 Å². The van der Waals surface area contributed by atoms with Gasteiger partial charge in [0.1, 0.15) is 0 Å². The summed E-state index contributed by atoms with van der Waals surface area (Å²) in [6.07, 6.45) is 14.8. The molecule has 8 nitrogen and oxygen atoms in total. The highest BCUT2D eigenvalue weighted by atomic mass is 16.3. The van der Waals surface area contributed by atoms with Gasteiger partial charge >= 0.3 is 0 Å². The first-order chi connectivity index (χ1) is 23.6. The van der Waals surface area contributed by atoms with Gasteiger partial charge in [0.25, 0.3) is 0 Å². The highest BCUT2D eigenvalue weighted by Gasteiger charge is 2.75. The number of nitrogens with zero attached hydrogens (tertiary/aromatic N) is 1. The van der Waals surface area contributed by atoms with Gasteiger partial charge in [-0.05, 0) is 123 Å². The van der Waals surface area contributed by atoms with E-state index in [2.05, 4.69) is 88.1 Å². The van der Waals surface area contributed by atoms with Gasteiger partial charge in [-0.15, -0.1) is 0 Å². The predicted octanol–water partition coefficient (Wildman–Crippen LogP) is 4.03. The van der Waals surface area contributed by atoms with Crippen LogP contribution in [0, 0.1) is 64.1 Å². The number of aliphatic hydroxyl groups is 3. The van der Waals surface area contributed by atoms with E-state index in [0.29, 0.717) is 18.8 Å². The standard InChI is InChI=1S/C41H53N5O3/c1-43-23-24-13-15-38(19-24)20-26-9-10-28(46-37(42)44-2)22-40(49)35(47)18-33-36(40)32-12-11-30-31(7-5-14-39(30,33)48)41(26,32)27(21-38)17-29-16-25-6-3-4-8-34(25)45-29/h3-8,16,21,24,26,28,30-33,35-36,43,45,47-49H,11-15,17-20,22-23H2,1-2H3,(H3,42,44,46). The van der Waals surface area contributed by atoms with Gasteiger partial charge in [0.15, 0.2) is 5.96 Å². The SMILES string of the molecule is CN=C(N)NC1C#CC2CC3(C=C(Cc4cc5ccccc5[nH]4)C24C2C=CCC5(O)C6CC(O)C(O)(C1)C6C4CCC25)CCC(CNC)C3. The molecule has 1 heterocycles. The first-order valence-corrected chi connectivity index (χ1v) is 18.9. The maximum Gasteiger partial charge on any atom is 0.189 e. The van der Waals surface area contributed by atoms with Crippen molar-refractivity contribution in [3.05, 3.63) is 59.8 Å². The van der Waals surface area contributed by atoms with Crippen LogP contribution in [0.4, 0.5) is 0 Å². The van der Waals surface area contributed by atoms with Crippen molar-refractivity contribution in [1.29, 1.82) is 0 Å².